The van der Waals surface area contributed by atoms with E-state index in [1.165, 1.54) is 5.56 Å². The Bertz CT molecular complexity index is 347. The second-order valence-corrected chi connectivity index (χ2v) is 5.68. The molecule has 0 aliphatic rings. The first kappa shape index (κ1) is 15.0. The number of benzene rings is 1. The molecule has 0 saturated carbocycles. The minimum atomic E-state index is 0.237. The molecule has 0 fully saturated rings. The lowest BCUT2D eigenvalue weighted by molar-refractivity contribution is 0.0500. The van der Waals surface area contributed by atoms with E-state index in [4.69, 9.17) is 9.47 Å². The van der Waals surface area contributed by atoms with Crippen molar-refractivity contribution >= 4 is 31.9 Å². The molecule has 0 aliphatic heterocycles. The molecule has 0 aromatic heterocycles. The fourth-order valence-electron chi connectivity index (χ4n) is 1.29. The summed E-state index contributed by atoms with van der Waals surface area (Å²) in [4.78, 5) is 0. The largest absolute Gasteiger partial charge is 0.465 e. The number of rotatable bonds is 6. The van der Waals surface area contributed by atoms with Crippen molar-refractivity contribution in [3.8, 4) is 5.75 Å². The Balaban J connectivity index is 2.78. The molecule has 0 spiro atoms. The number of nitrogens with one attached hydrogen (secondary N) is 1. The third-order valence-electron chi connectivity index (χ3n) is 2.09. The van der Waals surface area contributed by atoms with Crippen molar-refractivity contribution in [2.45, 2.75) is 26.4 Å². The van der Waals surface area contributed by atoms with E-state index in [9.17, 15) is 0 Å². The first-order valence-electron chi connectivity index (χ1n) is 5.37. The second kappa shape index (κ2) is 7.36. The normalized spacial score (nSPS) is 10.9. The summed E-state index contributed by atoms with van der Waals surface area (Å²) in [7, 11) is 1.60. The topological polar surface area (TPSA) is 30.5 Å². The highest BCUT2D eigenvalue weighted by Crippen LogP contribution is 2.34. The Labute approximate surface area is 119 Å². The van der Waals surface area contributed by atoms with E-state index in [-0.39, 0.29) is 6.79 Å². The lowest BCUT2D eigenvalue weighted by Crippen LogP contribution is -2.21. The smallest absolute Gasteiger partial charge is 0.188 e. The summed E-state index contributed by atoms with van der Waals surface area (Å²) in [5.74, 6) is 0.764. The summed E-state index contributed by atoms with van der Waals surface area (Å²) in [6, 6.07) is 4.56. The Morgan fingerprint density at radius 3 is 2.29 bits per heavy atom. The molecule has 0 radical (unpaired) electrons. The molecule has 0 bridgehead atoms. The highest BCUT2D eigenvalue weighted by molar-refractivity contribution is 9.11. The van der Waals surface area contributed by atoms with Crippen molar-refractivity contribution < 1.29 is 9.47 Å². The first-order valence-corrected chi connectivity index (χ1v) is 6.96. The third-order valence-corrected chi connectivity index (χ3v) is 3.27. The van der Waals surface area contributed by atoms with E-state index in [2.05, 4.69) is 51.0 Å². The monoisotopic (exact) mass is 365 g/mol. The zero-order chi connectivity index (χ0) is 12.8. The number of ether oxygens (including phenoxy) is 2. The average Bonchev–Trinajstić information content (AvgIpc) is 2.25. The molecule has 96 valence electrons. The van der Waals surface area contributed by atoms with Gasteiger partial charge in [-0.2, -0.15) is 0 Å². The van der Waals surface area contributed by atoms with Crippen LogP contribution >= 0.6 is 31.9 Å². The Morgan fingerprint density at radius 2 is 1.82 bits per heavy atom. The summed E-state index contributed by atoms with van der Waals surface area (Å²) >= 11 is 6.99. The lowest BCUT2D eigenvalue weighted by Gasteiger charge is -2.13. The Hall–Kier alpha value is -0.100. The second-order valence-electron chi connectivity index (χ2n) is 3.98. The van der Waals surface area contributed by atoms with Gasteiger partial charge in [0.25, 0.3) is 0 Å². The number of hydrogen-bond acceptors (Lipinski definition) is 3. The molecule has 1 aromatic carbocycles. The summed E-state index contributed by atoms with van der Waals surface area (Å²) < 4.78 is 12.2. The molecule has 1 N–H and O–H groups in total. The lowest BCUT2D eigenvalue weighted by atomic mass is 10.2. The molecule has 1 rings (SSSR count). The predicted octanol–water partition coefficient (Wildman–Crippen LogP) is 3.69. The molecule has 0 heterocycles. The SMILES string of the molecule is COCOc1c(Br)cc(CNC(C)C)cc1Br. The average molecular weight is 367 g/mol. The summed E-state index contributed by atoms with van der Waals surface area (Å²) in [6.45, 7) is 5.32. The van der Waals surface area contributed by atoms with Crippen LogP contribution in [0.25, 0.3) is 0 Å². The molecule has 5 heteroatoms. The summed E-state index contributed by atoms with van der Waals surface area (Å²) in [5.41, 5.74) is 1.20. The van der Waals surface area contributed by atoms with E-state index in [1.54, 1.807) is 7.11 Å². The fraction of sp³-hybridized carbons (Fsp3) is 0.500. The molecule has 0 saturated heterocycles. The van der Waals surface area contributed by atoms with Crippen LogP contribution in [0.15, 0.2) is 21.1 Å². The number of hydrogen-bond donors (Lipinski definition) is 1. The molecule has 0 amide bonds. The molecule has 1 aromatic rings. The minimum Gasteiger partial charge on any atom is -0.465 e. The van der Waals surface area contributed by atoms with Crippen LogP contribution in [0.3, 0.4) is 0 Å². The highest BCUT2D eigenvalue weighted by Gasteiger charge is 2.09. The molecule has 3 nitrogen and oxygen atoms in total. The third kappa shape index (κ3) is 4.95. The Kier molecular flexibility index (Phi) is 6.48. The summed E-state index contributed by atoms with van der Waals surface area (Å²) in [6.07, 6.45) is 0. The van der Waals surface area contributed by atoms with Crippen LogP contribution in [-0.4, -0.2) is 19.9 Å². The maximum atomic E-state index is 5.46. The number of halogens is 2. The van der Waals surface area contributed by atoms with Crippen LogP contribution in [0.2, 0.25) is 0 Å². The number of methoxy groups -OCH3 is 1. The summed E-state index contributed by atoms with van der Waals surface area (Å²) in [5, 5.41) is 3.37. The van der Waals surface area contributed by atoms with Gasteiger partial charge in [0, 0.05) is 19.7 Å². The van der Waals surface area contributed by atoms with Crippen LogP contribution < -0.4 is 10.1 Å². The first-order chi connectivity index (χ1) is 8.04. The molecular weight excluding hydrogens is 350 g/mol. The van der Waals surface area contributed by atoms with Crippen LogP contribution in [0.5, 0.6) is 5.75 Å². The maximum absolute atomic E-state index is 5.46. The van der Waals surface area contributed by atoms with Crippen LogP contribution in [0.1, 0.15) is 19.4 Å². The van der Waals surface area contributed by atoms with Gasteiger partial charge in [-0.3, -0.25) is 0 Å². The van der Waals surface area contributed by atoms with E-state index < -0.39 is 0 Å². The standard InChI is InChI=1S/C12H17Br2NO2/c1-8(2)15-6-9-4-10(13)12(11(14)5-9)17-7-16-3/h4-5,8,15H,6-7H2,1-3H3. The van der Waals surface area contributed by atoms with E-state index in [0.717, 1.165) is 21.2 Å². The quantitative estimate of drug-likeness (QED) is 0.779. The van der Waals surface area contributed by atoms with E-state index in [0.29, 0.717) is 6.04 Å². The zero-order valence-electron chi connectivity index (χ0n) is 10.2. The molecule has 0 atom stereocenters. The van der Waals surface area contributed by atoms with Gasteiger partial charge in [0.05, 0.1) is 8.95 Å². The molecule has 0 unspecified atom stereocenters. The molecule has 0 aliphatic carbocycles. The van der Waals surface area contributed by atoms with Crippen molar-refractivity contribution in [2.75, 3.05) is 13.9 Å². The van der Waals surface area contributed by atoms with Gasteiger partial charge < -0.3 is 14.8 Å². The molecular formula is C12H17Br2NO2. The van der Waals surface area contributed by atoms with Gasteiger partial charge >= 0.3 is 0 Å². The van der Waals surface area contributed by atoms with Crippen molar-refractivity contribution in [3.05, 3.63) is 26.6 Å². The van der Waals surface area contributed by atoms with Crippen LogP contribution in [0, 0.1) is 0 Å². The zero-order valence-corrected chi connectivity index (χ0v) is 13.4. The van der Waals surface area contributed by atoms with E-state index >= 15 is 0 Å². The van der Waals surface area contributed by atoms with Crippen LogP contribution in [-0.2, 0) is 11.3 Å². The predicted molar refractivity (Wildman–Crippen MR) is 76.3 cm³/mol. The maximum Gasteiger partial charge on any atom is 0.188 e. The van der Waals surface area contributed by atoms with Gasteiger partial charge in [0.15, 0.2) is 12.5 Å². The van der Waals surface area contributed by atoms with Gasteiger partial charge in [0.1, 0.15) is 0 Å². The fourth-order valence-corrected chi connectivity index (χ4v) is 2.80. The van der Waals surface area contributed by atoms with Crippen molar-refractivity contribution in [1.29, 1.82) is 0 Å². The van der Waals surface area contributed by atoms with Crippen molar-refractivity contribution in [2.24, 2.45) is 0 Å². The highest BCUT2D eigenvalue weighted by atomic mass is 79.9. The Morgan fingerprint density at radius 1 is 1.24 bits per heavy atom. The van der Waals surface area contributed by atoms with Crippen molar-refractivity contribution in [3.63, 3.8) is 0 Å². The molecule has 17 heavy (non-hydrogen) atoms. The van der Waals surface area contributed by atoms with E-state index in [1.807, 2.05) is 12.1 Å². The minimum absolute atomic E-state index is 0.237. The van der Waals surface area contributed by atoms with Gasteiger partial charge in [-0.25, -0.2) is 0 Å². The van der Waals surface area contributed by atoms with Crippen molar-refractivity contribution in [1.82, 2.24) is 5.32 Å². The van der Waals surface area contributed by atoms with Crippen LogP contribution in [0.4, 0.5) is 0 Å². The van der Waals surface area contributed by atoms with Gasteiger partial charge in [-0.05, 0) is 49.6 Å². The van der Waals surface area contributed by atoms with Gasteiger partial charge in [-0.1, -0.05) is 13.8 Å². The van der Waals surface area contributed by atoms with Gasteiger partial charge in [-0.15, -0.1) is 0 Å². The van der Waals surface area contributed by atoms with Gasteiger partial charge in [0.2, 0.25) is 0 Å².